The molecular formula is C54H87NO12S. The number of nitrogens with one attached hydrogen (secondary N) is 1. The summed E-state index contributed by atoms with van der Waals surface area (Å²) in [4.78, 5) is 40.1. The molecule has 386 valence electrons. The van der Waals surface area contributed by atoms with Crippen molar-refractivity contribution >= 4 is 28.2 Å². The van der Waals surface area contributed by atoms with Crippen molar-refractivity contribution in [3.8, 4) is 0 Å². The van der Waals surface area contributed by atoms with Gasteiger partial charge in [0.25, 0.3) is 0 Å². The number of benzene rings is 2. The summed E-state index contributed by atoms with van der Waals surface area (Å²) >= 11 is 0. The van der Waals surface area contributed by atoms with Crippen LogP contribution in [0.1, 0.15) is 204 Å². The van der Waals surface area contributed by atoms with Crippen LogP contribution in [0.25, 0.3) is 0 Å². The molecular weight excluding hydrogens is 887 g/mol. The van der Waals surface area contributed by atoms with Crippen molar-refractivity contribution in [2.45, 2.75) is 243 Å². The van der Waals surface area contributed by atoms with Crippen LogP contribution in [-0.2, 0) is 56.0 Å². The summed E-state index contributed by atoms with van der Waals surface area (Å²) in [6, 6.07) is 19.4. The van der Waals surface area contributed by atoms with E-state index in [1.165, 1.54) is 62.5 Å². The molecule has 1 heterocycles. The van der Waals surface area contributed by atoms with E-state index in [2.05, 4.69) is 60.8 Å². The van der Waals surface area contributed by atoms with E-state index in [1.54, 1.807) is 0 Å². The van der Waals surface area contributed by atoms with Crippen molar-refractivity contribution in [2.75, 3.05) is 6.61 Å². The highest BCUT2D eigenvalue weighted by Gasteiger charge is 2.50. The van der Waals surface area contributed by atoms with Crippen LogP contribution in [0.5, 0.6) is 0 Å². The normalized spacial score (nSPS) is 18.8. The van der Waals surface area contributed by atoms with E-state index in [1.807, 2.05) is 12.1 Å². The Morgan fingerprint density at radius 1 is 0.618 bits per heavy atom. The van der Waals surface area contributed by atoms with Gasteiger partial charge in [0.2, 0.25) is 5.91 Å². The molecule has 13 nitrogen and oxygen atoms in total. The number of hydrogen-bond acceptors (Lipinski definition) is 11. The minimum atomic E-state index is -5.17. The average molecular weight is 974 g/mol. The second kappa shape index (κ2) is 36.5. The molecule has 3 rings (SSSR count). The fourth-order valence-electron chi connectivity index (χ4n) is 9.02. The lowest BCUT2D eigenvalue weighted by Crippen LogP contribution is -2.66. The molecule has 1 saturated heterocycles. The number of ether oxygens (including phenoxy) is 3. The lowest BCUT2D eigenvalue weighted by atomic mass is 9.96. The predicted octanol–water partition coefficient (Wildman–Crippen LogP) is 11.0. The van der Waals surface area contributed by atoms with Gasteiger partial charge in [-0.1, -0.05) is 196 Å². The van der Waals surface area contributed by atoms with Gasteiger partial charge in [0.1, 0.15) is 24.4 Å². The van der Waals surface area contributed by atoms with Crippen LogP contribution >= 0.6 is 0 Å². The fraction of sp³-hybridized carbons (Fsp3) is 0.722. The zero-order valence-electron chi connectivity index (χ0n) is 41.3. The van der Waals surface area contributed by atoms with E-state index >= 15 is 0 Å². The van der Waals surface area contributed by atoms with Gasteiger partial charge in [0.15, 0.2) is 12.4 Å². The number of aliphatic hydroxyl groups is 2. The first-order chi connectivity index (χ1) is 33.0. The van der Waals surface area contributed by atoms with Crippen molar-refractivity contribution in [3.05, 3.63) is 71.8 Å². The summed E-state index contributed by atoms with van der Waals surface area (Å²) in [6.45, 7) is 1.34. The van der Waals surface area contributed by atoms with E-state index in [-0.39, 0.29) is 19.3 Å². The van der Waals surface area contributed by atoms with Gasteiger partial charge in [-0.3, -0.25) is 18.9 Å². The molecule has 68 heavy (non-hydrogen) atoms. The maximum atomic E-state index is 13.7. The first kappa shape index (κ1) is 58.9. The molecule has 1 fully saturated rings. The zero-order valence-corrected chi connectivity index (χ0v) is 42.1. The maximum absolute atomic E-state index is 13.7. The molecule has 0 aliphatic carbocycles. The molecule has 2 aromatic carbocycles. The average Bonchev–Trinajstić information content (AvgIpc) is 3.31. The molecule has 1 aliphatic heterocycles. The predicted molar refractivity (Wildman–Crippen MR) is 266 cm³/mol. The molecule has 2 aromatic rings. The molecule has 1 unspecified atom stereocenters. The van der Waals surface area contributed by atoms with E-state index in [0.29, 0.717) is 19.3 Å². The van der Waals surface area contributed by atoms with Gasteiger partial charge in [-0.15, -0.1) is 0 Å². The Bertz CT molecular complexity index is 1710. The van der Waals surface area contributed by atoms with E-state index in [9.17, 15) is 37.6 Å². The Kier molecular flexibility index (Phi) is 31.6. The quantitative estimate of drug-likeness (QED) is 0.0281. The first-order valence-electron chi connectivity index (χ1n) is 26.3. The molecule has 1 aliphatic rings. The number of carbonyl (C=O) groups is 3. The smallest absolute Gasteiger partial charge is 0.397 e. The lowest BCUT2D eigenvalue weighted by Gasteiger charge is -2.43. The van der Waals surface area contributed by atoms with Crippen molar-refractivity contribution in [2.24, 2.45) is 0 Å². The van der Waals surface area contributed by atoms with Crippen molar-refractivity contribution in [1.29, 1.82) is 0 Å². The second-order valence-electron chi connectivity index (χ2n) is 18.8. The molecule has 14 heteroatoms. The van der Waals surface area contributed by atoms with Gasteiger partial charge in [-0.2, -0.15) is 8.42 Å². The number of rotatable bonds is 40. The van der Waals surface area contributed by atoms with Gasteiger partial charge >= 0.3 is 22.3 Å². The lowest BCUT2D eigenvalue weighted by molar-refractivity contribution is -0.254. The van der Waals surface area contributed by atoms with Crippen LogP contribution in [0, 0.1) is 0 Å². The molecule has 0 bridgehead atoms. The Labute approximate surface area is 409 Å². The van der Waals surface area contributed by atoms with Crippen LogP contribution in [0.15, 0.2) is 60.7 Å². The van der Waals surface area contributed by atoms with Crippen LogP contribution in [0.4, 0.5) is 0 Å². The number of amides is 1. The molecule has 4 N–H and O–H groups in total. The monoisotopic (exact) mass is 974 g/mol. The van der Waals surface area contributed by atoms with Crippen molar-refractivity contribution in [3.63, 3.8) is 0 Å². The fourth-order valence-corrected chi connectivity index (χ4v) is 9.53. The summed E-state index contributed by atoms with van der Waals surface area (Å²) < 4.78 is 55.5. The number of hydrogen-bond donors (Lipinski definition) is 4. The Hall–Kier alpha value is -3.40. The summed E-state index contributed by atoms with van der Waals surface area (Å²) in [7, 11) is -5.17. The highest BCUT2D eigenvalue weighted by atomic mass is 32.3. The number of esters is 2. The Morgan fingerprint density at radius 3 is 1.53 bits per heavy atom. The Balaban J connectivity index is 1.51. The maximum Gasteiger partial charge on any atom is 0.397 e. The highest BCUT2D eigenvalue weighted by molar-refractivity contribution is 7.80. The van der Waals surface area contributed by atoms with Gasteiger partial charge in [0.05, 0.1) is 13.0 Å². The molecule has 0 saturated carbocycles. The van der Waals surface area contributed by atoms with E-state index in [0.717, 1.165) is 109 Å². The summed E-state index contributed by atoms with van der Waals surface area (Å²) in [5.41, 5.74) is 2.72. The van der Waals surface area contributed by atoms with Gasteiger partial charge in [0, 0.05) is 12.8 Å². The second-order valence-corrected chi connectivity index (χ2v) is 19.9. The number of aliphatic hydroxyl groups excluding tert-OH is 2. The van der Waals surface area contributed by atoms with Crippen molar-refractivity contribution < 1.29 is 56.0 Å². The minimum Gasteiger partial charge on any atom is -0.462 e. The SMILES string of the molecule is CCCCCCCCCCC[C@@H](CC(=O)N[C@H]1C(O)O[C@H](CO)[C@@H](OS(=O)(=O)O)[C@@H]1OC(=O)CCCCCCCCCCc1ccccc1)OC(=O)CCCCCCCCCCc1ccccc1. The van der Waals surface area contributed by atoms with Crippen LogP contribution in [-0.4, -0.2) is 84.4 Å². The first-order valence-corrected chi connectivity index (χ1v) is 27.7. The number of unbranched alkanes of at least 4 members (excludes halogenated alkanes) is 22. The van der Waals surface area contributed by atoms with Crippen LogP contribution in [0.2, 0.25) is 0 Å². The number of carbonyl (C=O) groups excluding carboxylic acids is 3. The topological polar surface area (TPSA) is 195 Å². The van der Waals surface area contributed by atoms with Gasteiger partial charge in [-0.05, 0) is 62.5 Å². The minimum absolute atomic E-state index is 0.0282. The zero-order chi connectivity index (χ0) is 49.1. The summed E-state index contributed by atoms with van der Waals surface area (Å²) in [5, 5.41) is 23.7. The van der Waals surface area contributed by atoms with E-state index < -0.39 is 71.6 Å². The molecule has 1 amide bonds. The molecule has 0 spiro atoms. The van der Waals surface area contributed by atoms with Gasteiger partial charge < -0.3 is 29.7 Å². The van der Waals surface area contributed by atoms with Crippen molar-refractivity contribution in [1.82, 2.24) is 5.32 Å². The highest BCUT2D eigenvalue weighted by Crippen LogP contribution is 2.28. The van der Waals surface area contributed by atoms with Gasteiger partial charge in [-0.25, -0.2) is 4.18 Å². The standard InChI is InChI=1S/C54H87NO12S/c1-2-3-4-5-6-7-14-19-30-39-46(64-49(58)40-31-20-15-10-8-12-17-24-33-44-35-26-22-27-36-44)42-48(57)55-51-53(52(67-68(61,62)63)47(43-56)65-54(51)60)66-50(59)41-32-21-16-11-9-13-18-25-34-45-37-28-23-29-38-45/h22-23,26-29,35-38,46-47,51-54,56,60H,2-21,24-25,30-34,39-43H2,1H3,(H,55,57)(H,61,62,63)/t46-,47+,51+,52+,53+,54?/m0/s1. The van der Waals surface area contributed by atoms with Crippen LogP contribution in [0.3, 0.4) is 0 Å². The largest absolute Gasteiger partial charge is 0.462 e. The summed E-state index contributed by atoms with van der Waals surface area (Å²) in [5.74, 6) is -1.79. The summed E-state index contributed by atoms with van der Waals surface area (Å²) in [6.07, 6.45) is 20.9. The third-order valence-electron chi connectivity index (χ3n) is 12.9. The molecule has 0 aromatic heterocycles. The molecule has 6 atom stereocenters. The van der Waals surface area contributed by atoms with E-state index in [4.69, 9.17) is 18.4 Å². The number of aryl methyl sites for hydroxylation is 2. The third-order valence-corrected chi connectivity index (χ3v) is 13.4. The molecule has 0 radical (unpaired) electrons. The Morgan fingerprint density at radius 2 is 1.06 bits per heavy atom. The third kappa shape index (κ3) is 27.7. The van der Waals surface area contributed by atoms with Crippen LogP contribution < -0.4 is 5.32 Å².